The summed E-state index contributed by atoms with van der Waals surface area (Å²) in [5.74, 6) is 1.46. The number of ether oxygens (including phenoxy) is 2. The van der Waals surface area contributed by atoms with Crippen LogP contribution in [0.25, 0.3) is 0 Å². The number of methoxy groups -OCH3 is 2. The molecule has 0 spiro atoms. The minimum absolute atomic E-state index is 0.212. The third kappa shape index (κ3) is 4.89. The molecule has 0 bridgehead atoms. The van der Waals surface area contributed by atoms with Crippen molar-refractivity contribution < 1.29 is 14.3 Å². The Kier molecular flexibility index (Phi) is 7.02. The highest BCUT2D eigenvalue weighted by Crippen LogP contribution is 2.28. The van der Waals surface area contributed by atoms with Crippen molar-refractivity contribution in [3.8, 4) is 5.75 Å². The molecule has 0 unspecified atom stereocenters. The van der Waals surface area contributed by atoms with Gasteiger partial charge >= 0.3 is 0 Å². The number of aromatic nitrogens is 2. The maximum absolute atomic E-state index is 12.1. The number of nitrogens with one attached hydrogen (secondary N) is 1. The zero-order valence-electron chi connectivity index (χ0n) is 16.4. The van der Waals surface area contributed by atoms with Gasteiger partial charge in [0.25, 0.3) is 5.91 Å². The number of hydrogen-bond acceptors (Lipinski definition) is 7. The van der Waals surface area contributed by atoms with Crippen LogP contribution in [0.5, 0.6) is 5.75 Å². The van der Waals surface area contributed by atoms with E-state index in [0.717, 1.165) is 49.9 Å². The first kappa shape index (κ1) is 19.9. The van der Waals surface area contributed by atoms with Gasteiger partial charge in [-0.25, -0.2) is 0 Å². The predicted molar refractivity (Wildman–Crippen MR) is 108 cm³/mol. The number of para-hydroxylation sites is 2. The summed E-state index contributed by atoms with van der Waals surface area (Å²) in [5, 5.41) is 11.1. The molecule has 1 aliphatic heterocycles. The van der Waals surface area contributed by atoms with Gasteiger partial charge in [-0.3, -0.25) is 4.79 Å². The lowest BCUT2D eigenvalue weighted by atomic mass is 10.2. The number of amides is 1. The Morgan fingerprint density at radius 2 is 1.79 bits per heavy atom. The van der Waals surface area contributed by atoms with Gasteiger partial charge in [-0.15, -0.1) is 10.2 Å². The van der Waals surface area contributed by atoms with Crippen molar-refractivity contribution in [2.24, 2.45) is 0 Å². The zero-order chi connectivity index (χ0) is 19.8. The molecule has 8 heteroatoms. The highest BCUT2D eigenvalue weighted by atomic mass is 16.5. The summed E-state index contributed by atoms with van der Waals surface area (Å²) in [7, 11) is 3.34. The molecule has 1 amide bonds. The van der Waals surface area contributed by atoms with Gasteiger partial charge in [0.2, 0.25) is 0 Å². The van der Waals surface area contributed by atoms with E-state index in [1.165, 1.54) is 0 Å². The average Bonchev–Trinajstić information content (AvgIpc) is 2.77. The van der Waals surface area contributed by atoms with Crippen molar-refractivity contribution in [1.29, 1.82) is 0 Å². The van der Waals surface area contributed by atoms with Gasteiger partial charge in [-0.05, 0) is 30.7 Å². The van der Waals surface area contributed by atoms with Crippen LogP contribution in [0.1, 0.15) is 16.9 Å². The van der Waals surface area contributed by atoms with Crippen LogP contribution in [0, 0.1) is 0 Å². The van der Waals surface area contributed by atoms with E-state index in [2.05, 4.69) is 31.4 Å². The lowest BCUT2D eigenvalue weighted by Crippen LogP contribution is -2.47. The minimum atomic E-state index is -0.212. The number of carbonyl (C=O) groups is 1. The molecule has 1 aromatic heterocycles. The van der Waals surface area contributed by atoms with Crippen LogP contribution in [0.4, 0.5) is 11.5 Å². The molecule has 1 N–H and O–H groups in total. The summed E-state index contributed by atoms with van der Waals surface area (Å²) in [5.41, 5.74) is 1.44. The van der Waals surface area contributed by atoms with Crippen LogP contribution in [0.2, 0.25) is 0 Å². The quantitative estimate of drug-likeness (QED) is 0.691. The number of rotatable bonds is 8. The van der Waals surface area contributed by atoms with Gasteiger partial charge in [0.15, 0.2) is 11.5 Å². The molecule has 2 aromatic rings. The van der Waals surface area contributed by atoms with E-state index in [4.69, 9.17) is 9.47 Å². The maximum Gasteiger partial charge on any atom is 0.271 e. The van der Waals surface area contributed by atoms with Crippen LogP contribution >= 0.6 is 0 Å². The molecule has 150 valence electrons. The lowest BCUT2D eigenvalue weighted by Gasteiger charge is -2.37. The standard InChI is InChI=1S/C20H27N5O3/c1-27-15-5-10-21-20(26)16-8-9-19(23-22-16)25-13-11-24(12-14-25)17-6-3-4-7-18(17)28-2/h3-4,6-9H,5,10-15H2,1-2H3,(H,21,26). The van der Waals surface area contributed by atoms with E-state index in [0.29, 0.717) is 18.8 Å². The van der Waals surface area contributed by atoms with Gasteiger partial charge in [0, 0.05) is 46.4 Å². The smallest absolute Gasteiger partial charge is 0.271 e. The van der Waals surface area contributed by atoms with Crippen molar-refractivity contribution in [3.63, 3.8) is 0 Å². The third-order valence-electron chi connectivity index (χ3n) is 4.72. The highest BCUT2D eigenvalue weighted by molar-refractivity contribution is 5.92. The molecule has 2 heterocycles. The fraction of sp³-hybridized carbons (Fsp3) is 0.450. The number of carbonyl (C=O) groups excluding carboxylic acids is 1. The molecule has 0 aliphatic carbocycles. The van der Waals surface area contributed by atoms with Crippen LogP contribution < -0.4 is 19.9 Å². The molecule has 8 nitrogen and oxygen atoms in total. The van der Waals surface area contributed by atoms with Crippen molar-refractivity contribution in [2.45, 2.75) is 6.42 Å². The molecular formula is C20H27N5O3. The highest BCUT2D eigenvalue weighted by Gasteiger charge is 2.21. The van der Waals surface area contributed by atoms with Gasteiger partial charge in [0.05, 0.1) is 12.8 Å². The first-order valence-corrected chi connectivity index (χ1v) is 9.46. The van der Waals surface area contributed by atoms with Crippen LogP contribution in [0.3, 0.4) is 0 Å². The summed E-state index contributed by atoms with van der Waals surface area (Å²) in [6.07, 6.45) is 0.768. The Morgan fingerprint density at radius 1 is 1.04 bits per heavy atom. The Balaban J connectivity index is 1.54. The largest absolute Gasteiger partial charge is 0.495 e. The average molecular weight is 385 g/mol. The summed E-state index contributed by atoms with van der Waals surface area (Å²) < 4.78 is 10.4. The fourth-order valence-corrected chi connectivity index (χ4v) is 3.19. The second kappa shape index (κ2) is 9.89. The number of piperazine rings is 1. The van der Waals surface area contributed by atoms with E-state index < -0.39 is 0 Å². The Hall–Kier alpha value is -2.87. The number of hydrogen-bond donors (Lipinski definition) is 1. The summed E-state index contributed by atoms with van der Waals surface area (Å²) >= 11 is 0. The predicted octanol–water partition coefficient (Wildman–Crippen LogP) is 1.58. The number of anilines is 2. The van der Waals surface area contributed by atoms with E-state index in [-0.39, 0.29) is 5.91 Å². The number of benzene rings is 1. The zero-order valence-corrected chi connectivity index (χ0v) is 16.4. The van der Waals surface area contributed by atoms with E-state index in [1.54, 1.807) is 20.3 Å². The molecule has 1 aromatic carbocycles. The lowest BCUT2D eigenvalue weighted by molar-refractivity contribution is 0.0942. The van der Waals surface area contributed by atoms with Crippen LogP contribution in [-0.4, -0.2) is 69.7 Å². The Morgan fingerprint density at radius 3 is 2.46 bits per heavy atom. The summed E-state index contributed by atoms with van der Waals surface area (Å²) in [6, 6.07) is 11.6. The van der Waals surface area contributed by atoms with Crippen molar-refractivity contribution >= 4 is 17.4 Å². The molecular weight excluding hydrogens is 358 g/mol. The summed E-state index contributed by atoms with van der Waals surface area (Å²) in [4.78, 5) is 16.6. The van der Waals surface area contributed by atoms with Crippen LogP contribution in [0.15, 0.2) is 36.4 Å². The Labute approximate surface area is 165 Å². The molecule has 0 saturated carbocycles. The second-order valence-corrected chi connectivity index (χ2v) is 6.52. The fourth-order valence-electron chi connectivity index (χ4n) is 3.19. The minimum Gasteiger partial charge on any atom is -0.495 e. The van der Waals surface area contributed by atoms with E-state index in [1.807, 2.05) is 24.3 Å². The first-order chi connectivity index (χ1) is 13.7. The SMILES string of the molecule is COCCCNC(=O)c1ccc(N2CCN(c3ccccc3OC)CC2)nn1. The molecule has 0 radical (unpaired) electrons. The maximum atomic E-state index is 12.1. The molecule has 1 aliphatic rings. The van der Waals surface area contributed by atoms with Crippen molar-refractivity contribution in [2.75, 3.05) is 63.4 Å². The second-order valence-electron chi connectivity index (χ2n) is 6.52. The van der Waals surface area contributed by atoms with E-state index in [9.17, 15) is 4.79 Å². The summed E-state index contributed by atoms with van der Waals surface area (Å²) in [6.45, 7) is 4.56. The topological polar surface area (TPSA) is 79.8 Å². The van der Waals surface area contributed by atoms with Crippen molar-refractivity contribution in [3.05, 3.63) is 42.1 Å². The van der Waals surface area contributed by atoms with Gasteiger partial charge < -0.3 is 24.6 Å². The monoisotopic (exact) mass is 385 g/mol. The number of nitrogens with zero attached hydrogens (tertiary/aromatic N) is 4. The molecule has 1 fully saturated rings. The first-order valence-electron chi connectivity index (χ1n) is 9.46. The van der Waals surface area contributed by atoms with Gasteiger partial charge in [0.1, 0.15) is 5.75 Å². The Bertz CT molecular complexity index is 761. The van der Waals surface area contributed by atoms with Gasteiger partial charge in [-0.2, -0.15) is 0 Å². The molecule has 3 rings (SSSR count). The molecule has 0 atom stereocenters. The van der Waals surface area contributed by atoms with Crippen LogP contribution in [-0.2, 0) is 4.74 Å². The molecule has 28 heavy (non-hydrogen) atoms. The van der Waals surface area contributed by atoms with Gasteiger partial charge in [-0.1, -0.05) is 12.1 Å². The van der Waals surface area contributed by atoms with Crippen molar-refractivity contribution in [1.82, 2.24) is 15.5 Å². The normalized spacial score (nSPS) is 14.1. The van der Waals surface area contributed by atoms with E-state index >= 15 is 0 Å². The third-order valence-corrected chi connectivity index (χ3v) is 4.72. The molecule has 1 saturated heterocycles.